The van der Waals surface area contributed by atoms with Crippen molar-refractivity contribution in [1.29, 1.82) is 0 Å². The quantitative estimate of drug-likeness (QED) is 0.723. The summed E-state index contributed by atoms with van der Waals surface area (Å²) in [6, 6.07) is 0. The molecule has 0 radical (unpaired) electrons. The van der Waals surface area contributed by atoms with Crippen LogP contribution in [0.4, 0.5) is 0 Å². The average molecular weight is 236 g/mol. The summed E-state index contributed by atoms with van der Waals surface area (Å²) in [6.07, 6.45) is 6.20. The van der Waals surface area contributed by atoms with E-state index in [4.69, 9.17) is 0 Å². The molecule has 2 N–H and O–H groups in total. The van der Waals surface area contributed by atoms with E-state index in [2.05, 4.69) is 26.0 Å². The fourth-order valence-electron chi connectivity index (χ4n) is 3.40. The minimum absolute atomic E-state index is 0.260. The number of allylic oxidation sites excluding steroid dienone is 3. The Morgan fingerprint density at radius 1 is 1.35 bits per heavy atom. The fraction of sp³-hybridized carbons (Fsp3) is 0.733. The van der Waals surface area contributed by atoms with Crippen molar-refractivity contribution in [2.45, 2.75) is 39.7 Å². The molecule has 5 atom stereocenters. The van der Waals surface area contributed by atoms with E-state index in [1.165, 1.54) is 5.57 Å². The van der Waals surface area contributed by atoms with Gasteiger partial charge >= 0.3 is 0 Å². The van der Waals surface area contributed by atoms with Crippen LogP contribution in [0.15, 0.2) is 23.3 Å². The van der Waals surface area contributed by atoms with Crippen LogP contribution in [0.25, 0.3) is 0 Å². The second-order valence-corrected chi connectivity index (χ2v) is 5.85. The molecule has 2 nitrogen and oxygen atoms in total. The van der Waals surface area contributed by atoms with E-state index in [-0.39, 0.29) is 12.7 Å². The highest BCUT2D eigenvalue weighted by Crippen LogP contribution is 2.45. The molecule has 0 amide bonds. The third kappa shape index (κ3) is 2.34. The van der Waals surface area contributed by atoms with Gasteiger partial charge in [0.05, 0.1) is 6.10 Å². The molecule has 17 heavy (non-hydrogen) atoms. The van der Waals surface area contributed by atoms with Gasteiger partial charge in [0, 0.05) is 6.61 Å². The third-order valence-electron chi connectivity index (χ3n) is 4.73. The van der Waals surface area contributed by atoms with Gasteiger partial charge in [-0.25, -0.2) is 0 Å². The summed E-state index contributed by atoms with van der Waals surface area (Å²) in [5, 5.41) is 19.3. The van der Waals surface area contributed by atoms with E-state index >= 15 is 0 Å². The maximum atomic E-state index is 9.97. The number of aliphatic hydroxyl groups excluding tert-OH is 2. The number of rotatable bonds is 2. The smallest absolute Gasteiger partial charge is 0.0753 e. The summed E-state index contributed by atoms with van der Waals surface area (Å²) in [7, 11) is 0. The normalized spacial score (nSPS) is 39.1. The lowest BCUT2D eigenvalue weighted by atomic mass is 9.63. The first kappa shape index (κ1) is 12.8. The molecular formula is C15H24O2. The Bertz CT molecular complexity index is 343. The van der Waals surface area contributed by atoms with Crippen LogP contribution in [-0.4, -0.2) is 22.9 Å². The topological polar surface area (TPSA) is 40.5 Å². The van der Waals surface area contributed by atoms with Crippen molar-refractivity contribution in [2.24, 2.45) is 23.7 Å². The summed E-state index contributed by atoms with van der Waals surface area (Å²) in [5.74, 6) is 1.84. The highest BCUT2D eigenvalue weighted by Gasteiger charge is 2.38. The summed E-state index contributed by atoms with van der Waals surface area (Å²) in [4.78, 5) is 0. The number of hydrogen-bond donors (Lipinski definition) is 2. The SMILES string of the molecule is CC1=CC2C(CC1O)C(C)=CCC2C(C)CO. The first-order chi connectivity index (χ1) is 8.04. The second-order valence-electron chi connectivity index (χ2n) is 5.85. The van der Waals surface area contributed by atoms with Crippen LogP contribution in [0.2, 0.25) is 0 Å². The van der Waals surface area contributed by atoms with Gasteiger partial charge in [-0.15, -0.1) is 0 Å². The lowest BCUT2D eigenvalue weighted by Crippen LogP contribution is -2.37. The molecule has 2 aliphatic carbocycles. The Labute approximate surface area is 104 Å². The molecule has 0 fully saturated rings. The lowest BCUT2D eigenvalue weighted by molar-refractivity contribution is 0.0992. The maximum absolute atomic E-state index is 9.97. The molecule has 2 heteroatoms. The predicted octanol–water partition coefficient (Wildman–Crippen LogP) is 2.52. The molecule has 0 aromatic rings. The molecule has 0 saturated heterocycles. The minimum Gasteiger partial charge on any atom is -0.396 e. The highest BCUT2D eigenvalue weighted by atomic mass is 16.3. The molecule has 0 spiro atoms. The molecule has 2 aliphatic rings. The van der Waals surface area contributed by atoms with Crippen LogP contribution >= 0.6 is 0 Å². The molecule has 0 saturated carbocycles. The molecule has 2 rings (SSSR count). The van der Waals surface area contributed by atoms with Crippen molar-refractivity contribution in [2.75, 3.05) is 6.61 Å². The van der Waals surface area contributed by atoms with Gasteiger partial charge in [-0.1, -0.05) is 24.6 Å². The third-order valence-corrected chi connectivity index (χ3v) is 4.73. The lowest BCUT2D eigenvalue weighted by Gasteiger charge is -2.42. The first-order valence-electron chi connectivity index (χ1n) is 6.68. The van der Waals surface area contributed by atoms with E-state index in [9.17, 15) is 10.2 Å². The van der Waals surface area contributed by atoms with Gasteiger partial charge in [0.25, 0.3) is 0 Å². The van der Waals surface area contributed by atoms with Crippen LogP contribution in [0.3, 0.4) is 0 Å². The second kappa shape index (κ2) is 4.95. The van der Waals surface area contributed by atoms with Gasteiger partial charge < -0.3 is 10.2 Å². The summed E-state index contributed by atoms with van der Waals surface area (Å²) >= 11 is 0. The molecular weight excluding hydrogens is 212 g/mol. The Hall–Kier alpha value is -0.600. The van der Waals surface area contributed by atoms with E-state index in [0.717, 1.165) is 18.4 Å². The van der Waals surface area contributed by atoms with E-state index in [0.29, 0.717) is 23.7 Å². The van der Waals surface area contributed by atoms with E-state index in [1.54, 1.807) is 0 Å². The van der Waals surface area contributed by atoms with Crippen LogP contribution < -0.4 is 0 Å². The summed E-state index contributed by atoms with van der Waals surface area (Å²) in [6.45, 7) is 6.59. The summed E-state index contributed by atoms with van der Waals surface area (Å²) < 4.78 is 0. The predicted molar refractivity (Wildman–Crippen MR) is 69.5 cm³/mol. The largest absolute Gasteiger partial charge is 0.396 e. The van der Waals surface area contributed by atoms with E-state index in [1.807, 2.05) is 6.92 Å². The fourth-order valence-corrected chi connectivity index (χ4v) is 3.40. The van der Waals surface area contributed by atoms with Crippen LogP contribution in [-0.2, 0) is 0 Å². The number of fused-ring (bicyclic) bond motifs is 1. The maximum Gasteiger partial charge on any atom is 0.0753 e. The molecule has 0 aliphatic heterocycles. The standard InChI is InChI=1S/C15H24O2/c1-9-4-5-12(11(3)8-16)14-6-10(2)15(17)7-13(9)14/h4,6,11-17H,5,7-8H2,1-3H3. The van der Waals surface area contributed by atoms with Gasteiger partial charge in [-0.2, -0.15) is 0 Å². The minimum atomic E-state index is -0.275. The number of aliphatic hydroxyl groups is 2. The average Bonchev–Trinajstić information content (AvgIpc) is 2.31. The van der Waals surface area contributed by atoms with Gasteiger partial charge in [0.1, 0.15) is 0 Å². The first-order valence-corrected chi connectivity index (χ1v) is 6.68. The number of hydrogen-bond acceptors (Lipinski definition) is 2. The molecule has 96 valence electrons. The monoisotopic (exact) mass is 236 g/mol. The zero-order valence-electron chi connectivity index (χ0n) is 11.1. The van der Waals surface area contributed by atoms with Crippen molar-refractivity contribution >= 4 is 0 Å². The Morgan fingerprint density at radius 2 is 2.06 bits per heavy atom. The van der Waals surface area contributed by atoms with Gasteiger partial charge in [-0.3, -0.25) is 0 Å². The van der Waals surface area contributed by atoms with Gasteiger partial charge in [0.15, 0.2) is 0 Å². The zero-order valence-corrected chi connectivity index (χ0v) is 11.1. The Kier molecular flexibility index (Phi) is 3.74. The Morgan fingerprint density at radius 3 is 2.71 bits per heavy atom. The van der Waals surface area contributed by atoms with Crippen LogP contribution in [0, 0.1) is 23.7 Å². The van der Waals surface area contributed by atoms with Crippen molar-refractivity contribution in [3.8, 4) is 0 Å². The van der Waals surface area contributed by atoms with Crippen LogP contribution in [0.5, 0.6) is 0 Å². The van der Waals surface area contributed by atoms with Crippen molar-refractivity contribution in [1.82, 2.24) is 0 Å². The molecule has 0 heterocycles. The molecule has 0 bridgehead atoms. The molecule has 0 aromatic carbocycles. The Balaban J connectivity index is 2.29. The van der Waals surface area contributed by atoms with Crippen molar-refractivity contribution in [3.05, 3.63) is 23.3 Å². The van der Waals surface area contributed by atoms with Crippen molar-refractivity contribution in [3.63, 3.8) is 0 Å². The van der Waals surface area contributed by atoms with Crippen molar-refractivity contribution < 1.29 is 10.2 Å². The zero-order chi connectivity index (χ0) is 12.6. The molecule has 5 unspecified atom stereocenters. The van der Waals surface area contributed by atoms with Gasteiger partial charge in [-0.05, 0) is 55.9 Å². The van der Waals surface area contributed by atoms with E-state index < -0.39 is 0 Å². The van der Waals surface area contributed by atoms with Gasteiger partial charge in [0.2, 0.25) is 0 Å². The highest BCUT2D eigenvalue weighted by molar-refractivity contribution is 5.23. The van der Waals surface area contributed by atoms with Crippen LogP contribution in [0.1, 0.15) is 33.6 Å². The summed E-state index contributed by atoms with van der Waals surface area (Å²) in [5.41, 5.74) is 2.52. The molecule has 0 aromatic heterocycles.